The Balaban J connectivity index is 1.82. The Morgan fingerprint density at radius 3 is 3.17 bits per heavy atom. The van der Waals surface area contributed by atoms with Crippen LogP contribution in [-0.4, -0.2) is 23.3 Å². The van der Waals surface area contributed by atoms with Gasteiger partial charge in [0.1, 0.15) is 12.4 Å². The largest absolute Gasteiger partial charge is 0.492 e. The maximum absolute atomic E-state index is 5.61. The van der Waals surface area contributed by atoms with Gasteiger partial charge in [-0.25, -0.2) is 0 Å². The minimum absolute atomic E-state index is 0.0714. The molecule has 1 unspecified atom stereocenters. The lowest BCUT2D eigenvalue weighted by Crippen LogP contribution is -2.05. The fourth-order valence-corrected chi connectivity index (χ4v) is 2.06. The highest BCUT2D eigenvalue weighted by atomic mass is 16.5. The van der Waals surface area contributed by atoms with Crippen LogP contribution in [0.3, 0.4) is 0 Å². The van der Waals surface area contributed by atoms with Crippen molar-refractivity contribution in [2.24, 2.45) is 0 Å². The molecule has 0 aliphatic carbocycles. The van der Waals surface area contributed by atoms with Crippen LogP contribution in [0.4, 0.5) is 6.01 Å². The molecular weight excluding hydrogens is 230 g/mol. The molecule has 1 aromatic heterocycles. The molecule has 0 radical (unpaired) electrons. The number of nitrogens with zero attached hydrogens (tertiary/aromatic N) is 2. The van der Waals surface area contributed by atoms with Crippen molar-refractivity contribution in [1.82, 2.24) is 10.1 Å². The topological polar surface area (TPSA) is 60.2 Å². The number of fused-ring (bicyclic) bond motifs is 1. The minimum atomic E-state index is 0.0714. The average Bonchev–Trinajstić information content (AvgIpc) is 3.02. The molecule has 1 aliphatic heterocycles. The Morgan fingerprint density at radius 1 is 1.39 bits per heavy atom. The smallest absolute Gasteiger partial charge is 0.321 e. The zero-order valence-electron chi connectivity index (χ0n) is 10.2. The summed E-state index contributed by atoms with van der Waals surface area (Å²) < 4.78 is 10.8. The van der Waals surface area contributed by atoms with Crippen LogP contribution in [-0.2, 0) is 0 Å². The average molecular weight is 245 g/mol. The molecule has 3 rings (SSSR count). The molecule has 0 saturated carbocycles. The van der Waals surface area contributed by atoms with E-state index in [1.807, 2.05) is 24.3 Å². The molecule has 2 heterocycles. The van der Waals surface area contributed by atoms with E-state index in [4.69, 9.17) is 9.26 Å². The monoisotopic (exact) mass is 245 g/mol. The van der Waals surface area contributed by atoms with Gasteiger partial charge in [-0.1, -0.05) is 30.3 Å². The van der Waals surface area contributed by atoms with Gasteiger partial charge in [0.25, 0.3) is 0 Å². The van der Waals surface area contributed by atoms with Gasteiger partial charge in [0, 0.05) is 12.1 Å². The summed E-state index contributed by atoms with van der Waals surface area (Å²) in [6.07, 6.45) is 1.02. The highest BCUT2D eigenvalue weighted by molar-refractivity contribution is 5.43. The maximum atomic E-state index is 5.61. The van der Waals surface area contributed by atoms with Crippen LogP contribution >= 0.6 is 0 Å². The van der Waals surface area contributed by atoms with E-state index < -0.39 is 0 Å². The third-order valence-corrected chi connectivity index (χ3v) is 2.98. The van der Waals surface area contributed by atoms with E-state index in [1.54, 1.807) is 0 Å². The second-order valence-electron chi connectivity index (χ2n) is 4.29. The van der Waals surface area contributed by atoms with E-state index >= 15 is 0 Å². The quantitative estimate of drug-likeness (QED) is 0.896. The van der Waals surface area contributed by atoms with Crippen LogP contribution in [0.5, 0.6) is 5.75 Å². The standard InChI is InChI=1S/C13H15N3O2/c1-2-7-14-13-15-12(16-18-13)10-8-17-11-6-4-3-5-9(10)11/h3-6,10H,2,7-8H2,1H3,(H,14,15,16). The van der Waals surface area contributed by atoms with E-state index in [9.17, 15) is 0 Å². The molecule has 5 heteroatoms. The number of para-hydroxylation sites is 1. The number of rotatable bonds is 4. The number of aromatic nitrogens is 2. The lowest BCUT2D eigenvalue weighted by molar-refractivity contribution is 0.335. The second-order valence-corrected chi connectivity index (χ2v) is 4.29. The van der Waals surface area contributed by atoms with Gasteiger partial charge in [0.05, 0.1) is 5.92 Å². The van der Waals surface area contributed by atoms with Crippen molar-refractivity contribution in [3.8, 4) is 5.75 Å². The summed E-state index contributed by atoms with van der Waals surface area (Å²) >= 11 is 0. The first-order chi connectivity index (χ1) is 8.88. The normalized spacial score (nSPS) is 17.3. The van der Waals surface area contributed by atoms with Crippen molar-refractivity contribution >= 4 is 6.01 Å². The first-order valence-corrected chi connectivity index (χ1v) is 6.17. The zero-order valence-corrected chi connectivity index (χ0v) is 10.2. The van der Waals surface area contributed by atoms with Crippen molar-refractivity contribution < 1.29 is 9.26 Å². The first-order valence-electron chi connectivity index (χ1n) is 6.17. The molecule has 0 amide bonds. The molecule has 5 nitrogen and oxygen atoms in total. The molecule has 1 aromatic carbocycles. The van der Waals surface area contributed by atoms with Crippen LogP contribution in [0, 0.1) is 0 Å². The van der Waals surface area contributed by atoms with Gasteiger partial charge in [-0.15, -0.1) is 0 Å². The van der Waals surface area contributed by atoms with E-state index in [1.165, 1.54) is 0 Å². The van der Waals surface area contributed by atoms with E-state index in [2.05, 4.69) is 22.4 Å². The summed E-state index contributed by atoms with van der Waals surface area (Å²) in [5.74, 6) is 1.66. The third kappa shape index (κ3) is 1.92. The summed E-state index contributed by atoms with van der Waals surface area (Å²) in [5, 5.41) is 7.10. The Morgan fingerprint density at radius 2 is 2.28 bits per heavy atom. The highest BCUT2D eigenvalue weighted by Gasteiger charge is 2.29. The Labute approximate surface area is 105 Å². The summed E-state index contributed by atoms with van der Waals surface area (Å²) in [4.78, 5) is 4.36. The summed E-state index contributed by atoms with van der Waals surface area (Å²) in [7, 11) is 0. The van der Waals surface area contributed by atoms with Crippen molar-refractivity contribution in [3.05, 3.63) is 35.7 Å². The molecule has 1 atom stereocenters. The minimum Gasteiger partial charge on any atom is -0.492 e. The summed E-state index contributed by atoms with van der Waals surface area (Å²) in [6.45, 7) is 3.50. The second kappa shape index (κ2) is 4.68. The molecule has 1 aliphatic rings. The Bertz CT molecular complexity index is 539. The van der Waals surface area contributed by atoms with Gasteiger partial charge in [0.15, 0.2) is 5.82 Å². The molecule has 94 valence electrons. The predicted octanol–water partition coefficient (Wildman–Crippen LogP) is 2.42. The molecule has 0 bridgehead atoms. The van der Waals surface area contributed by atoms with Crippen LogP contribution < -0.4 is 10.1 Å². The lowest BCUT2D eigenvalue weighted by Gasteiger charge is -2.01. The SMILES string of the molecule is CCCNc1nc(C2COc3ccccc32)no1. The van der Waals surface area contributed by atoms with Crippen molar-refractivity contribution in [3.63, 3.8) is 0 Å². The van der Waals surface area contributed by atoms with E-state index in [0.717, 1.165) is 24.3 Å². The van der Waals surface area contributed by atoms with Crippen LogP contribution in [0.25, 0.3) is 0 Å². The Hall–Kier alpha value is -2.04. The van der Waals surface area contributed by atoms with Gasteiger partial charge < -0.3 is 14.6 Å². The molecular formula is C13H15N3O2. The van der Waals surface area contributed by atoms with E-state index in [0.29, 0.717) is 18.4 Å². The fourth-order valence-electron chi connectivity index (χ4n) is 2.06. The highest BCUT2D eigenvalue weighted by Crippen LogP contribution is 2.36. The Kier molecular flexibility index (Phi) is 2.88. The fraction of sp³-hybridized carbons (Fsp3) is 0.385. The molecule has 1 N–H and O–H groups in total. The number of benzene rings is 1. The third-order valence-electron chi connectivity index (χ3n) is 2.98. The van der Waals surface area contributed by atoms with Crippen LogP contribution in [0.1, 0.15) is 30.7 Å². The van der Waals surface area contributed by atoms with Crippen LogP contribution in [0.2, 0.25) is 0 Å². The van der Waals surface area contributed by atoms with Crippen molar-refractivity contribution in [2.45, 2.75) is 19.3 Å². The molecule has 0 fully saturated rings. The predicted molar refractivity (Wildman–Crippen MR) is 66.9 cm³/mol. The maximum Gasteiger partial charge on any atom is 0.321 e. The van der Waals surface area contributed by atoms with Gasteiger partial charge in [-0.05, 0) is 12.5 Å². The molecule has 0 saturated heterocycles. The summed E-state index contributed by atoms with van der Waals surface area (Å²) in [6, 6.07) is 8.45. The number of hydrogen-bond donors (Lipinski definition) is 1. The van der Waals surface area contributed by atoms with Gasteiger partial charge in [0.2, 0.25) is 0 Å². The number of hydrogen-bond acceptors (Lipinski definition) is 5. The number of anilines is 1. The first kappa shape index (κ1) is 11.1. The molecule has 18 heavy (non-hydrogen) atoms. The van der Waals surface area contributed by atoms with Crippen LogP contribution in [0.15, 0.2) is 28.8 Å². The van der Waals surface area contributed by atoms with Crippen molar-refractivity contribution in [1.29, 1.82) is 0 Å². The van der Waals surface area contributed by atoms with Gasteiger partial charge >= 0.3 is 6.01 Å². The van der Waals surface area contributed by atoms with Crippen molar-refractivity contribution in [2.75, 3.05) is 18.5 Å². The van der Waals surface area contributed by atoms with Gasteiger partial charge in [-0.3, -0.25) is 0 Å². The number of nitrogens with one attached hydrogen (secondary N) is 1. The molecule has 2 aromatic rings. The summed E-state index contributed by atoms with van der Waals surface area (Å²) in [5.41, 5.74) is 1.13. The van der Waals surface area contributed by atoms with Gasteiger partial charge in [-0.2, -0.15) is 4.98 Å². The molecule has 0 spiro atoms. The lowest BCUT2D eigenvalue weighted by atomic mass is 10.0. The zero-order chi connectivity index (χ0) is 12.4. The van der Waals surface area contributed by atoms with E-state index in [-0.39, 0.29) is 5.92 Å². The number of ether oxygens (including phenoxy) is 1.